The smallest absolute Gasteiger partial charge is 0.320 e. The fourth-order valence-corrected chi connectivity index (χ4v) is 4.05. The molecule has 2 heterocycles. The maximum absolute atomic E-state index is 12.2. The van der Waals surface area contributed by atoms with Gasteiger partial charge in [0.15, 0.2) is 5.82 Å². The van der Waals surface area contributed by atoms with Crippen LogP contribution in [0.4, 0.5) is 10.6 Å². The van der Waals surface area contributed by atoms with Gasteiger partial charge in [0.05, 0.1) is 24.1 Å². The van der Waals surface area contributed by atoms with Gasteiger partial charge in [-0.05, 0) is 45.2 Å². The van der Waals surface area contributed by atoms with Gasteiger partial charge in [-0.25, -0.2) is 4.79 Å². The van der Waals surface area contributed by atoms with Gasteiger partial charge in [0.25, 0.3) is 0 Å². The van der Waals surface area contributed by atoms with Crippen molar-refractivity contribution in [1.29, 1.82) is 0 Å². The third-order valence-corrected chi connectivity index (χ3v) is 4.98. The molecule has 1 spiro atoms. The predicted molar refractivity (Wildman–Crippen MR) is 93.6 cm³/mol. The predicted octanol–water partition coefficient (Wildman–Crippen LogP) is 2.74. The molecule has 2 N–H and O–H groups in total. The van der Waals surface area contributed by atoms with Crippen molar-refractivity contribution in [2.24, 2.45) is 5.41 Å². The summed E-state index contributed by atoms with van der Waals surface area (Å²) < 4.78 is 5.84. The molecular formula is C18H23N5O2. The molecule has 4 rings (SSSR count). The molecule has 1 aliphatic carbocycles. The van der Waals surface area contributed by atoms with E-state index in [4.69, 9.17) is 4.74 Å². The monoisotopic (exact) mass is 341 g/mol. The first-order valence-electron chi connectivity index (χ1n) is 8.62. The molecular weight excluding hydrogens is 318 g/mol. The van der Waals surface area contributed by atoms with Crippen LogP contribution in [0, 0.1) is 5.41 Å². The van der Waals surface area contributed by atoms with E-state index in [9.17, 15) is 4.79 Å². The Morgan fingerprint density at radius 3 is 2.72 bits per heavy atom. The van der Waals surface area contributed by atoms with Gasteiger partial charge < -0.3 is 10.1 Å². The highest BCUT2D eigenvalue weighted by atomic mass is 16.5. The number of carbonyl (C=O) groups excluding carboxylic acids is 1. The van der Waals surface area contributed by atoms with Crippen molar-refractivity contribution in [1.82, 2.24) is 20.3 Å². The van der Waals surface area contributed by atoms with Crippen LogP contribution in [0.15, 0.2) is 36.5 Å². The van der Waals surface area contributed by atoms with Crippen LogP contribution in [0.25, 0.3) is 5.69 Å². The van der Waals surface area contributed by atoms with Gasteiger partial charge in [-0.3, -0.25) is 5.32 Å². The van der Waals surface area contributed by atoms with Gasteiger partial charge in [-0.1, -0.05) is 18.2 Å². The summed E-state index contributed by atoms with van der Waals surface area (Å²) in [6, 6.07) is 9.53. The van der Waals surface area contributed by atoms with Gasteiger partial charge in [0, 0.05) is 11.5 Å². The second-order valence-corrected chi connectivity index (χ2v) is 7.78. The Labute approximate surface area is 146 Å². The Hall–Kier alpha value is -2.41. The maximum atomic E-state index is 12.2. The molecule has 1 aromatic heterocycles. The van der Waals surface area contributed by atoms with Crippen LogP contribution in [0.1, 0.15) is 33.1 Å². The molecule has 1 aliphatic heterocycles. The number of nitrogens with zero attached hydrogens (tertiary/aromatic N) is 3. The van der Waals surface area contributed by atoms with E-state index in [-0.39, 0.29) is 23.1 Å². The zero-order chi connectivity index (χ0) is 17.5. The standard InChI is InChI=1S/C18H23N5O2/c1-17(2)11-18(12-25-17)8-13(9-18)20-16(24)21-15-10-19-23(22-15)14-6-4-3-5-7-14/h3-7,10,13H,8-9,11-12H2,1-2H3,(H2,20,21,22,24). The summed E-state index contributed by atoms with van der Waals surface area (Å²) in [6.07, 6.45) is 4.55. The Bertz CT molecular complexity index is 765. The molecule has 7 heteroatoms. The summed E-state index contributed by atoms with van der Waals surface area (Å²) in [4.78, 5) is 13.7. The summed E-state index contributed by atoms with van der Waals surface area (Å²) in [6.45, 7) is 5.06. The summed E-state index contributed by atoms with van der Waals surface area (Å²) in [5.41, 5.74) is 1.06. The average Bonchev–Trinajstić information content (AvgIpc) is 3.12. The van der Waals surface area contributed by atoms with Crippen LogP contribution >= 0.6 is 0 Å². The van der Waals surface area contributed by atoms with Gasteiger partial charge in [-0.2, -0.15) is 5.10 Å². The van der Waals surface area contributed by atoms with E-state index in [2.05, 4.69) is 34.7 Å². The molecule has 1 saturated carbocycles. The molecule has 2 amide bonds. The normalized spacial score (nSPS) is 27.0. The third kappa shape index (κ3) is 3.37. The molecule has 1 aromatic carbocycles. The lowest BCUT2D eigenvalue weighted by Crippen LogP contribution is -2.52. The second kappa shape index (κ2) is 5.84. The highest BCUT2D eigenvalue weighted by Crippen LogP contribution is 2.52. The molecule has 132 valence electrons. The molecule has 1 saturated heterocycles. The van der Waals surface area contributed by atoms with E-state index in [0.717, 1.165) is 31.6 Å². The molecule has 0 radical (unpaired) electrons. The number of anilines is 1. The van der Waals surface area contributed by atoms with E-state index in [0.29, 0.717) is 5.82 Å². The Kier molecular flexibility index (Phi) is 3.76. The quantitative estimate of drug-likeness (QED) is 0.899. The molecule has 2 aromatic rings. The van der Waals surface area contributed by atoms with Crippen molar-refractivity contribution in [3.8, 4) is 5.69 Å². The van der Waals surface area contributed by atoms with Crippen LogP contribution in [-0.2, 0) is 4.74 Å². The first-order chi connectivity index (χ1) is 11.9. The van der Waals surface area contributed by atoms with Gasteiger partial charge in [0.1, 0.15) is 0 Å². The molecule has 2 aliphatic rings. The van der Waals surface area contributed by atoms with Crippen molar-refractivity contribution in [3.05, 3.63) is 36.5 Å². The van der Waals surface area contributed by atoms with E-state index in [1.807, 2.05) is 30.3 Å². The van der Waals surface area contributed by atoms with Gasteiger partial charge in [0.2, 0.25) is 0 Å². The SMILES string of the molecule is CC1(C)CC2(CO1)CC(NC(=O)Nc1cnn(-c3ccccc3)n1)C2. The maximum Gasteiger partial charge on any atom is 0.320 e. The molecule has 25 heavy (non-hydrogen) atoms. The summed E-state index contributed by atoms with van der Waals surface area (Å²) in [5, 5.41) is 14.2. The van der Waals surface area contributed by atoms with E-state index in [1.54, 1.807) is 6.20 Å². The largest absolute Gasteiger partial charge is 0.375 e. The molecule has 0 atom stereocenters. The highest BCUT2D eigenvalue weighted by Gasteiger charge is 2.52. The number of hydrogen-bond acceptors (Lipinski definition) is 4. The third-order valence-electron chi connectivity index (χ3n) is 4.98. The lowest BCUT2D eigenvalue weighted by molar-refractivity contribution is 0.0190. The number of benzene rings is 1. The Balaban J connectivity index is 1.29. The topological polar surface area (TPSA) is 81.1 Å². The van der Waals surface area contributed by atoms with Crippen LogP contribution in [-0.4, -0.2) is 39.3 Å². The number of para-hydroxylation sites is 1. The zero-order valence-electron chi connectivity index (χ0n) is 14.5. The fourth-order valence-electron chi connectivity index (χ4n) is 4.05. The average molecular weight is 341 g/mol. The fraction of sp³-hybridized carbons (Fsp3) is 0.500. The number of amides is 2. The van der Waals surface area contributed by atoms with Crippen molar-refractivity contribution in [2.45, 2.75) is 44.8 Å². The second-order valence-electron chi connectivity index (χ2n) is 7.78. The van der Waals surface area contributed by atoms with Crippen molar-refractivity contribution >= 4 is 11.8 Å². The molecule has 7 nitrogen and oxygen atoms in total. The number of carbonyl (C=O) groups is 1. The van der Waals surface area contributed by atoms with Crippen LogP contribution in [0.5, 0.6) is 0 Å². The first kappa shape index (κ1) is 16.1. The number of urea groups is 1. The lowest BCUT2D eigenvalue weighted by Gasteiger charge is -2.44. The Morgan fingerprint density at radius 1 is 1.28 bits per heavy atom. The van der Waals surface area contributed by atoms with Gasteiger partial charge in [-0.15, -0.1) is 9.90 Å². The van der Waals surface area contributed by atoms with Crippen LogP contribution in [0.3, 0.4) is 0 Å². The number of ether oxygens (including phenoxy) is 1. The van der Waals surface area contributed by atoms with Crippen molar-refractivity contribution in [3.63, 3.8) is 0 Å². The minimum Gasteiger partial charge on any atom is -0.375 e. The number of hydrogen-bond donors (Lipinski definition) is 2. The minimum absolute atomic E-state index is 0.0385. The van der Waals surface area contributed by atoms with Crippen molar-refractivity contribution < 1.29 is 9.53 Å². The van der Waals surface area contributed by atoms with Crippen LogP contribution < -0.4 is 10.6 Å². The summed E-state index contributed by atoms with van der Waals surface area (Å²) in [5.74, 6) is 0.431. The molecule has 0 unspecified atom stereocenters. The van der Waals surface area contributed by atoms with Crippen molar-refractivity contribution in [2.75, 3.05) is 11.9 Å². The molecule has 0 bridgehead atoms. The Morgan fingerprint density at radius 2 is 2.04 bits per heavy atom. The zero-order valence-corrected chi connectivity index (χ0v) is 14.5. The van der Waals surface area contributed by atoms with Crippen LogP contribution in [0.2, 0.25) is 0 Å². The highest BCUT2D eigenvalue weighted by molar-refractivity contribution is 5.88. The number of rotatable bonds is 3. The van der Waals surface area contributed by atoms with E-state index < -0.39 is 0 Å². The van der Waals surface area contributed by atoms with E-state index >= 15 is 0 Å². The first-order valence-corrected chi connectivity index (χ1v) is 8.62. The van der Waals surface area contributed by atoms with E-state index in [1.165, 1.54) is 4.80 Å². The molecule has 2 fully saturated rings. The number of nitrogens with one attached hydrogen (secondary N) is 2. The minimum atomic E-state index is -0.238. The lowest BCUT2D eigenvalue weighted by atomic mass is 9.63. The number of aromatic nitrogens is 3. The van der Waals surface area contributed by atoms with Gasteiger partial charge >= 0.3 is 6.03 Å². The summed E-state index contributed by atoms with van der Waals surface area (Å²) >= 11 is 0. The summed E-state index contributed by atoms with van der Waals surface area (Å²) in [7, 11) is 0.